The number of rotatable bonds is 4. The van der Waals surface area contributed by atoms with Gasteiger partial charge in [-0.05, 0) is 6.42 Å². The van der Waals surface area contributed by atoms with Crippen LogP contribution in [0.2, 0.25) is 0 Å². The summed E-state index contributed by atoms with van der Waals surface area (Å²) in [5, 5.41) is 15.6. The van der Waals surface area contributed by atoms with E-state index in [1.165, 1.54) is 4.90 Å². The third-order valence-corrected chi connectivity index (χ3v) is 2.57. The maximum absolute atomic E-state index is 11.5. The Morgan fingerprint density at radius 3 is 3.25 bits per heavy atom. The first-order valence-corrected chi connectivity index (χ1v) is 5.39. The summed E-state index contributed by atoms with van der Waals surface area (Å²) >= 11 is 0. The molecule has 0 spiro atoms. The van der Waals surface area contributed by atoms with Crippen molar-refractivity contribution >= 4 is 11.8 Å². The molecular formula is C10H15N3O3. The number of aliphatic hydroxyl groups excluding tert-OH is 1. The summed E-state index contributed by atoms with van der Waals surface area (Å²) in [5.41, 5.74) is 0. The smallest absolute Gasteiger partial charge is 0.323 e. The molecule has 1 unspecified atom stereocenters. The van der Waals surface area contributed by atoms with Gasteiger partial charge in [0.2, 0.25) is 0 Å². The molecule has 2 rings (SSSR count). The molecule has 2 heterocycles. The molecule has 1 aromatic heterocycles. The van der Waals surface area contributed by atoms with E-state index in [4.69, 9.17) is 9.63 Å². The topological polar surface area (TPSA) is 78.6 Å². The summed E-state index contributed by atoms with van der Waals surface area (Å²) in [4.78, 5) is 13.0. The standard InChI is InChI=1S/C10H15N3O3/c1-2-3-8-4-9(12-16-8)13-7(6-14)5-11-10(13)15/h4,7,14H,2-3,5-6H2,1H3,(H,11,15). The van der Waals surface area contributed by atoms with E-state index < -0.39 is 0 Å². The van der Waals surface area contributed by atoms with E-state index in [1.54, 1.807) is 6.07 Å². The van der Waals surface area contributed by atoms with Gasteiger partial charge in [-0.15, -0.1) is 0 Å². The Hall–Kier alpha value is -1.56. The summed E-state index contributed by atoms with van der Waals surface area (Å²) in [6.07, 6.45) is 1.76. The fourth-order valence-electron chi connectivity index (χ4n) is 1.76. The maximum Gasteiger partial charge on any atom is 0.323 e. The zero-order valence-corrected chi connectivity index (χ0v) is 9.14. The largest absolute Gasteiger partial charge is 0.394 e. The second kappa shape index (κ2) is 4.52. The van der Waals surface area contributed by atoms with Crippen molar-refractivity contribution in [2.75, 3.05) is 18.1 Å². The second-order valence-electron chi connectivity index (χ2n) is 3.79. The summed E-state index contributed by atoms with van der Waals surface area (Å²) in [6, 6.07) is 1.25. The number of anilines is 1. The third kappa shape index (κ3) is 1.88. The van der Waals surface area contributed by atoms with Crippen molar-refractivity contribution in [1.82, 2.24) is 10.5 Å². The van der Waals surface area contributed by atoms with Gasteiger partial charge in [-0.3, -0.25) is 4.90 Å². The zero-order chi connectivity index (χ0) is 11.5. The first-order chi connectivity index (χ1) is 7.76. The van der Waals surface area contributed by atoms with Crippen LogP contribution in [0.3, 0.4) is 0 Å². The van der Waals surface area contributed by atoms with E-state index in [0.717, 1.165) is 18.6 Å². The summed E-state index contributed by atoms with van der Waals surface area (Å²) in [5.74, 6) is 1.23. The number of amides is 2. The van der Waals surface area contributed by atoms with Crippen LogP contribution in [-0.4, -0.2) is 35.5 Å². The van der Waals surface area contributed by atoms with E-state index in [-0.39, 0.29) is 18.7 Å². The van der Waals surface area contributed by atoms with E-state index in [1.807, 2.05) is 6.92 Å². The van der Waals surface area contributed by atoms with Crippen LogP contribution in [0.4, 0.5) is 10.6 Å². The molecule has 1 aliphatic rings. The highest BCUT2D eigenvalue weighted by atomic mass is 16.5. The number of aromatic nitrogens is 1. The highest BCUT2D eigenvalue weighted by Crippen LogP contribution is 2.20. The Morgan fingerprint density at radius 2 is 2.56 bits per heavy atom. The normalized spacial score (nSPS) is 20.2. The second-order valence-corrected chi connectivity index (χ2v) is 3.79. The van der Waals surface area contributed by atoms with Crippen LogP contribution in [-0.2, 0) is 6.42 Å². The van der Waals surface area contributed by atoms with Crippen molar-refractivity contribution in [2.24, 2.45) is 0 Å². The molecule has 2 amide bonds. The lowest BCUT2D eigenvalue weighted by molar-refractivity contribution is 0.247. The molecule has 6 heteroatoms. The number of hydrogen-bond acceptors (Lipinski definition) is 4. The first-order valence-electron chi connectivity index (χ1n) is 5.39. The molecule has 0 radical (unpaired) electrons. The predicted octanol–water partition coefficient (Wildman–Crippen LogP) is 0.518. The third-order valence-electron chi connectivity index (χ3n) is 2.57. The van der Waals surface area contributed by atoms with Crippen molar-refractivity contribution in [3.8, 4) is 0 Å². The Bertz CT molecular complexity index is 377. The van der Waals surface area contributed by atoms with Gasteiger partial charge in [0, 0.05) is 19.0 Å². The lowest BCUT2D eigenvalue weighted by Gasteiger charge is -2.17. The number of nitrogens with one attached hydrogen (secondary N) is 1. The highest BCUT2D eigenvalue weighted by molar-refractivity contribution is 5.93. The molecule has 0 aliphatic carbocycles. The minimum absolute atomic E-state index is 0.0886. The average molecular weight is 225 g/mol. The molecule has 1 saturated heterocycles. The molecule has 2 N–H and O–H groups in total. The fourth-order valence-corrected chi connectivity index (χ4v) is 1.76. The van der Waals surface area contributed by atoms with Crippen LogP contribution in [0.1, 0.15) is 19.1 Å². The van der Waals surface area contributed by atoms with Gasteiger partial charge < -0.3 is 14.9 Å². The van der Waals surface area contributed by atoms with Crippen LogP contribution in [0.15, 0.2) is 10.6 Å². The number of carbonyl (C=O) groups is 1. The van der Waals surface area contributed by atoms with Crippen molar-refractivity contribution in [1.29, 1.82) is 0 Å². The monoisotopic (exact) mass is 225 g/mol. The fraction of sp³-hybridized carbons (Fsp3) is 0.600. The minimum atomic E-state index is -0.257. The molecule has 0 saturated carbocycles. The van der Waals surface area contributed by atoms with E-state index in [0.29, 0.717) is 12.4 Å². The van der Waals surface area contributed by atoms with Crippen LogP contribution in [0.5, 0.6) is 0 Å². The number of carbonyl (C=O) groups excluding carboxylic acids is 1. The average Bonchev–Trinajstić information content (AvgIpc) is 2.85. The van der Waals surface area contributed by atoms with Gasteiger partial charge in [-0.1, -0.05) is 12.1 Å². The van der Waals surface area contributed by atoms with Gasteiger partial charge in [0.25, 0.3) is 0 Å². The summed E-state index contributed by atoms with van der Waals surface area (Å²) in [7, 11) is 0. The molecule has 0 bridgehead atoms. The van der Waals surface area contributed by atoms with Gasteiger partial charge in [0.15, 0.2) is 5.82 Å². The maximum atomic E-state index is 11.5. The Balaban J connectivity index is 2.17. The van der Waals surface area contributed by atoms with Crippen LogP contribution in [0, 0.1) is 0 Å². The van der Waals surface area contributed by atoms with Gasteiger partial charge in [-0.25, -0.2) is 4.79 Å². The molecule has 0 aromatic carbocycles. The summed E-state index contributed by atoms with van der Waals surface area (Å²) < 4.78 is 5.11. The van der Waals surface area contributed by atoms with Crippen molar-refractivity contribution in [3.63, 3.8) is 0 Å². The van der Waals surface area contributed by atoms with Crippen LogP contribution >= 0.6 is 0 Å². The van der Waals surface area contributed by atoms with Gasteiger partial charge >= 0.3 is 6.03 Å². The van der Waals surface area contributed by atoms with Gasteiger partial charge in [0.1, 0.15) is 5.76 Å². The highest BCUT2D eigenvalue weighted by Gasteiger charge is 2.33. The zero-order valence-electron chi connectivity index (χ0n) is 9.14. The molecule has 1 fully saturated rings. The number of hydrogen-bond donors (Lipinski definition) is 2. The van der Waals surface area contributed by atoms with E-state index in [9.17, 15) is 4.79 Å². The molecule has 6 nitrogen and oxygen atoms in total. The Labute approximate surface area is 93.2 Å². The Morgan fingerprint density at radius 1 is 1.75 bits per heavy atom. The number of aliphatic hydroxyl groups is 1. The minimum Gasteiger partial charge on any atom is -0.394 e. The molecular weight excluding hydrogens is 210 g/mol. The number of urea groups is 1. The van der Waals surface area contributed by atoms with E-state index >= 15 is 0 Å². The SMILES string of the molecule is CCCc1cc(N2C(=O)NCC2CO)no1. The molecule has 1 aliphatic heterocycles. The van der Waals surface area contributed by atoms with Crippen molar-refractivity contribution in [2.45, 2.75) is 25.8 Å². The van der Waals surface area contributed by atoms with Crippen LogP contribution in [0.25, 0.3) is 0 Å². The van der Waals surface area contributed by atoms with Gasteiger partial charge in [-0.2, -0.15) is 0 Å². The molecule has 1 aromatic rings. The van der Waals surface area contributed by atoms with Crippen molar-refractivity contribution in [3.05, 3.63) is 11.8 Å². The summed E-state index contributed by atoms with van der Waals surface area (Å²) in [6.45, 7) is 2.39. The number of aryl methyl sites for hydroxylation is 1. The van der Waals surface area contributed by atoms with E-state index in [2.05, 4.69) is 10.5 Å². The lowest BCUT2D eigenvalue weighted by Crippen LogP contribution is -2.36. The molecule has 88 valence electrons. The van der Waals surface area contributed by atoms with Crippen LogP contribution < -0.4 is 10.2 Å². The molecule has 16 heavy (non-hydrogen) atoms. The number of nitrogens with zero attached hydrogens (tertiary/aromatic N) is 2. The quantitative estimate of drug-likeness (QED) is 0.783. The predicted molar refractivity (Wildman–Crippen MR) is 57.2 cm³/mol. The molecule has 1 atom stereocenters. The van der Waals surface area contributed by atoms with Gasteiger partial charge in [0.05, 0.1) is 12.6 Å². The first kappa shape index (κ1) is 10.9. The lowest BCUT2D eigenvalue weighted by atomic mass is 10.2. The van der Waals surface area contributed by atoms with Crippen molar-refractivity contribution < 1.29 is 14.4 Å². The Kier molecular flexibility index (Phi) is 3.09.